The van der Waals surface area contributed by atoms with Crippen molar-refractivity contribution in [1.29, 1.82) is 0 Å². The van der Waals surface area contributed by atoms with E-state index in [4.69, 9.17) is 23.7 Å². The Morgan fingerprint density at radius 1 is 0.903 bits per heavy atom. The van der Waals surface area contributed by atoms with Crippen LogP contribution in [0.15, 0.2) is 53.7 Å². The van der Waals surface area contributed by atoms with Crippen LogP contribution in [-0.4, -0.2) is 47.0 Å². The summed E-state index contributed by atoms with van der Waals surface area (Å²) in [6.45, 7) is -0.0476. The lowest BCUT2D eigenvalue weighted by Gasteiger charge is -2.29. The third-order valence-electron chi connectivity index (χ3n) is 4.74. The third kappa shape index (κ3) is 4.82. The van der Waals surface area contributed by atoms with E-state index >= 15 is 0 Å². The Hall–Kier alpha value is -3.88. The number of rotatable bonds is 8. The van der Waals surface area contributed by atoms with Gasteiger partial charge < -0.3 is 34.3 Å². The second-order valence-electron chi connectivity index (χ2n) is 6.49. The summed E-state index contributed by atoms with van der Waals surface area (Å²) in [6.07, 6.45) is 0. The van der Waals surface area contributed by atoms with E-state index in [0.29, 0.717) is 34.3 Å². The van der Waals surface area contributed by atoms with Gasteiger partial charge in [0.15, 0.2) is 11.5 Å². The maximum atomic E-state index is 12.6. The average molecular weight is 428 g/mol. The van der Waals surface area contributed by atoms with Crippen LogP contribution in [-0.2, 0) is 9.53 Å². The van der Waals surface area contributed by atoms with Gasteiger partial charge in [0, 0.05) is 0 Å². The SMILES string of the molecule is COC(=O)C1=C(COc2ccc(OC)cc2)NC(=O)N[C@H]1c1ccc(OC)c(OC)c1. The molecule has 1 atom stereocenters. The van der Waals surface area contributed by atoms with Crippen molar-refractivity contribution in [2.45, 2.75) is 6.04 Å². The first-order valence-corrected chi connectivity index (χ1v) is 9.38. The smallest absolute Gasteiger partial charge is 0.338 e. The number of hydrogen-bond donors (Lipinski definition) is 2. The number of benzene rings is 2. The number of hydrogen-bond acceptors (Lipinski definition) is 7. The molecular weight excluding hydrogens is 404 g/mol. The molecular formula is C22H24N2O7. The predicted octanol–water partition coefficient (Wildman–Crippen LogP) is 2.57. The molecule has 2 aromatic carbocycles. The lowest BCUT2D eigenvalue weighted by atomic mass is 9.95. The van der Waals surface area contributed by atoms with Crippen LogP contribution in [0, 0.1) is 0 Å². The number of esters is 1. The van der Waals surface area contributed by atoms with Crippen molar-refractivity contribution in [2.75, 3.05) is 35.0 Å². The number of urea groups is 1. The van der Waals surface area contributed by atoms with Gasteiger partial charge in [0.25, 0.3) is 0 Å². The molecule has 1 aliphatic rings. The Labute approximate surface area is 179 Å². The minimum absolute atomic E-state index is 0.0476. The number of carbonyl (C=O) groups is 2. The van der Waals surface area contributed by atoms with Crippen molar-refractivity contribution < 1.29 is 33.3 Å². The predicted molar refractivity (Wildman–Crippen MR) is 111 cm³/mol. The zero-order chi connectivity index (χ0) is 22.4. The fraction of sp³-hybridized carbons (Fsp3) is 0.273. The van der Waals surface area contributed by atoms with Crippen molar-refractivity contribution >= 4 is 12.0 Å². The molecule has 0 saturated carbocycles. The largest absolute Gasteiger partial charge is 0.497 e. The van der Waals surface area contributed by atoms with Gasteiger partial charge in [-0.1, -0.05) is 6.07 Å². The van der Waals surface area contributed by atoms with E-state index in [1.54, 1.807) is 49.6 Å². The van der Waals surface area contributed by atoms with E-state index in [-0.39, 0.29) is 12.2 Å². The summed E-state index contributed by atoms with van der Waals surface area (Å²) in [5.41, 5.74) is 1.14. The van der Waals surface area contributed by atoms with E-state index in [1.807, 2.05) is 0 Å². The van der Waals surface area contributed by atoms with Crippen molar-refractivity contribution in [3.63, 3.8) is 0 Å². The molecule has 2 amide bonds. The Morgan fingerprint density at radius 2 is 1.58 bits per heavy atom. The number of amides is 2. The lowest BCUT2D eigenvalue weighted by Crippen LogP contribution is -2.47. The summed E-state index contributed by atoms with van der Waals surface area (Å²) in [5, 5.41) is 5.40. The van der Waals surface area contributed by atoms with Crippen molar-refractivity contribution in [3.05, 3.63) is 59.3 Å². The first-order chi connectivity index (χ1) is 15.0. The Morgan fingerprint density at radius 3 is 2.19 bits per heavy atom. The molecule has 2 N–H and O–H groups in total. The van der Waals surface area contributed by atoms with Crippen molar-refractivity contribution in [1.82, 2.24) is 10.6 Å². The molecule has 0 bridgehead atoms. The van der Waals surface area contributed by atoms with Crippen molar-refractivity contribution in [3.8, 4) is 23.0 Å². The molecule has 0 spiro atoms. The Bertz CT molecular complexity index is 986. The second kappa shape index (κ2) is 9.75. The molecule has 3 rings (SSSR count). The molecule has 9 heteroatoms. The monoisotopic (exact) mass is 428 g/mol. The summed E-state index contributed by atoms with van der Waals surface area (Å²) >= 11 is 0. The van der Waals surface area contributed by atoms with Gasteiger partial charge >= 0.3 is 12.0 Å². The van der Waals surface area contributed by atoms with Gasteiger partial charge in [-0.15, -0.1) is 0 Å². The highest BCUT2D eigenvalue weighted by Gasteiger charge is 2.34. The standard InChI is InChI=1S/C22H24N2O7/c1-27-14-6-8-15(9-7-14)31-12-16-19(21(25)30-4)20(24-22(26)23-16)13-5-10-17(28-2)18(11-13)29-3/h5-11,20H,12H2,1-4H3,(H2,23,24,26)/t20-/m0/s1. The van der Waals surface area contributed by atoms with Gasteiger partial charge in [0.2, 0.25) is 0 Å². The Balaban J connectivity index is 1.96. The Kier molecular flexibility index (Phi) is 6.86. The van der Waals surface area contributed by atoms with Crippen LogP contribution in [0.1, 0.15) is 11.6 Å². The molecule has 9 nitrogen and oxygen atoms in total. The molecule has 0 saturated heterocycles. The van der Waals surface area contributed by atoms with E-state index in [9.17, 15) is 9.59 Å². The minimum atomic E-state index is -0.768. The molecule has 31 heavy (non-hydrogen) atoms. The fourth-order valence-electron chi connectivity index (χ4n) is 3.19. The van der Waals surface area contributed by atoms with E-state index in [1.165, 1.54) is 21.3 Å². The zero-order valence-corrected chi connectivity index (χ0v) is 17.7. The fourth-order valence-corrected chi connectivity index (χ4v) is 3.19. The lowest BCUT2D eigenvalue weighted by molar-refractivity contribution is -0.136. The van der Waals surface area contributed by atoms with Gasteiger partial charge in [-0.05, 0) is 42.0 Å². The highest BCUT2D eigenvalue weighted by Crippen LogP contribution is 2.34. The van der Waals surface area contributed by atoms with Crippen LogP contribution in [0.2, 0.25) is 0 Å². The molecule has 0 aliphatic carbocycles. The highest BCUT2D eigenvalue weighted by atomic mass is 16.5. The van der Waals surface area contributed by atoms with Gasteiger partial charge in [-0.3, -0.25) is 0 Å². The van der Waals surface area contributed by atoms with Crippen LogP contribution in [0.3, 0.4) is 0 Å². The summed E-state index contributed by atoms with van der Waals surface area (Å²) in [5.74, 6) is 1.63. The topological polar surface area (TPSA) is 104 Å². The summed E-state index contributed by atoms with van der Waals surface area (Å²) in [7, 11) is 5.88. The number of nitrogens with one attached hydrogen (secondary N) is 2. The van der Waals surface area contributed by atoms with Crippen LogP contribution in [0.4, 0.5) is 4.79 Å². The van der Waals surface area contributed by atoms with Gasteiger partial charge in [-0.2, -0.15) is 0 Å². The van der Waals surface area contributed by atoms with Crippen molar-refractivity contribution in [2.24, 2.45) is 0 Å². The second-order valence-corrected chi connectivity index (χ2v) is 6.49. The highest BCUT2D eigenvalue weighted by molar-refractivity contribution is 5.95. The van der Waals surface area contributed by atoms with Gasteiger partial charge in [-0.25, -0.2) is 9.59 Å². The van der Waals surface area contributed by atoms with Crippen LogP contribution in [0.5, 0.6) is 23.0 Å². The molecule has 2 aromatic rings. The number of methoxy groups -OCH3 is 4. The molecule has 1 aliphatic heterocycles. The van der Waals surface area contributed by atoms with Gasteiger partial charge in [0.1, 0.15) is 18.1 Å². The van der Waals surface area contributed by atoms with Gasteiger partial charge in [0.05, 0.1) is 45.8 Å². The zero-order valence-electron chi connectivity index (χ0n) is 17.7. The van der Waals surface area contributed by atoms with E-state index in [2.05, 4.69) is 10.6 Å². The maximum absolute atomic E-state index is 12.6. The maximum Gasteiger partial charge on any atom is 0.338 e. The quantitative estimate of drug-likeness (QED) is 0.623. The molecule has 0 radical (unpaired) electrons. The first-order valence-electron chi connectivity index (χ1n) is 9.38. The first kappa shape index (κ1) is 21.8. The van der Waals surface area contributed by atoms with E-state index < -0.39 is 18.0 Å². The number of ether oxygens (including phenoxy) is 5. The van der Waals surface area contributed by atoms with Crippen LogP contribution < -0.4 is 29.6 Å². The number of carbonyl (C=O) groups excluding carboxylic acids is 2. The van der Waals surface area contributed by atoms with Crippen LogP contribution >= 0.6 is 0 Å². The van der Waals surface area contributed by atoms with E-state index in [0.717, 1.165) is 0 Å². The molecule has 164 valence electrons. The average Bonchev–Trinajstić information content (AvgIpc) is 2.81. The molecule has 0 unspecified atom stereocenters. The molecule has 1 heterocycles. The normalized spacial score (nSPS) is 15.5. The van der Waals surface area contributed by atoms with Crippen LogP contribution in [0.25, 0.3) is 0 Å². The third-order valence-corrected chi connectivity index (χ3v) is 4.74. The molecule has 0 fully saturated rings. The summed E-state index contributed by atoms with van der Waals surface area (Å²) < 4.78 is 26.5. The minimum Gasteiger partial charge on any atom is -0.497 e. The summed E-state index contributed by atoms with van der Waals surface area (Å²) in [6, 6.07) is 10.8. The summed E-state index contributed by atoms with van der Waals surface area (Å²) in [4.78, 5) is 25.0. The molecule has 0 aromatic heterocycles.